The van der Waals surface area contributed by atoms with Gasteiger partial charge in [0.25, 0.3) is 0 Å². The summed E-state index contributed by atoms with van der Waals surface area (Å²) in [5.74, 6) is 1.45. The summed E-state index contributed by atoms with van der Waals surface area (Å²) in [5, 5.41) is 9.10. The monoisotopic (exact) mass is 291 g/mol. The van der Waals surface area contributed by atoms with Crippen molar-refractivity contribution in [1.82, 2.24) is 4.90 Å². The van der Waals surface area contributed by atoms with Crippen molar-refractivity contribution in [1.29, 1.82) is 0 Å². The molecule has 21 heavy (non-hydrogen) atoms. The summed E-state index contributed by atoms with van der Waals surface area (Å²) in [6.07, 6.45) is 3.12. The fourth-order valence-electron chi connectivity index (χ4n) is 2.64. The largest absolute Gasteiger partial charge is 0.494 e. The zero-order valence-corrected chi connectivity index (χ0v) is 12.8. The molecule has 0 atom stereocenters. The maximum Gasteiger partial charge on any atom is 0.222 e. The van der Waals surface area contributed by atoms with Gasteiger partial charge in [-0.3, -0.25) is 4.79 Å². The first kappa shape index (κ1) is 15.8. The predicted octanol–water partition coefficient (Wildman–Crippen LogP) is 2.38. The highest BCUT2D eigenvalue weighted by Gasteiger charge is 2.21. The molecule has 1 amide bonds. The molecule has 1 aliphatic rings. The minimum absolute atomic E-state index is 0.208. The summed E-state index contributed by atoms with van der Waals surface area (Å²) >= 11 is 0. The summed E-state index contributed by atoms with van der Waals surface area (Å²) in [6, 6.07) is 7.95. The molecule has 0 saturated carbocycles. The maximum absolute atomic E-state index is 12.1. The first-order valence-electron chi connectivity index (χ1n) is 7.77. The summed E-state index contributed by atoms with van der Waals surface area (Å²) in [6.45, 7) is 4.41. The van der Waals surface area contributed by atoms with Crippen molar-refractivity contribution in [3.05, 3.63) is 29.8 Å². The van der Waals surface area contributed by atoms with Crippen LogP contribution in [0.25, 0.3) is 0 Å². The van der Waals surface area contributed by atoms with Crippen LogP contribution in [0, 0.1) is 12.8 Å². The first-order valence-corrected chi connectivity index (χ1v) is 7.77. The molecule has 0 unspecified atom stereocenters. The number of benzene rings is 1. The van der Waals surface area contributed by atoms with Gasteiger partial charge in [-0.25, -0.2) is 0 Å². The fraction of sp³-hybridized carbons (Fsp3) is 0.588. The van der Waals surface area contributed by atoms with Gasteiger partial charge >= 0.3 is 0 Å². The lowest BCUT2D eigenvalue weighted by Crippen LogP contribution is -2.39. The minimum atomic E-state index is 0.208. The van der Waals surface area contributed by atoms with Crippen LogP contribution in [0.3, 0.4) is 0 Å². The molecule has 0 spiro atoms. The van der Waals surface area contributed by atoms with Gasteiger partial charge in [0.2, 0.25) is 5.91 Å². The van der Waals surface area contributed by atoms with Crippen LogP contribution < -0.4 is 4.74 Å². The van der Waals surface area contributed by atoms with Crippen LogP contribution in [0.4, 0.5) is 0 Å². The Hall–Kier alpha value is -1.55. The van der Waals surface area contributed by atoms with Crippen molar-refractivity contribution in [2.75, 3.05) is 26.3 Å². The molecule has 1 N–H and O–H groups in total. The maximum atomic E-state index is 12.1. The molecular formula is C17H25NO3. The van der Waals surface area contributed by atoms with E-state index in [2.05, 4.69) is 0 Å². The number of aliphatic hydroxyl groups excluding tert-OH is 1. The van der Waals surface area contributed by atoms with Gasteiger partial charge in [0, 0.05) is 26.1 Å². The van der Waals surface area contributed by atoms with Gasteiger partial charge in [-0.1, -0.05) is 12.1 Å². The second kappa shape index (κ2) is 8.03. The Kier molecular flexibility index (Phi) is 6.05. The second-order valence-electron chi connectivity index (χ2n) is 5.78. The Morgan fingerprint density at radius 3 is 2.81 bits per heavy atom. The van der Waals surface area contributed by atoms with E-state index in [1.54, 1.807) is 0 Å². The third-order valence-corrected chi connectivity index (χ3v) is 4.02. The lowest BCUT2D eigenvalue weighted by molar-refractivity contribution is -0.133. The van der Waals surface area contributed by atoms with Crippen molar-refractivity contribution in [2.24, 2.45) is 5.92 Å². The molecular weight excluding hydrogens is 266 g/mol. The van der Waals surface area contributed by atoms with E-state index in [4.69, 9.17) is 9.84 Å². The smallest absolute Gasteiger partial charge is 0.222 e. The number of rotatable bonds is 6. The number of aryl methyl sites for hydroxylation is 1. The Labute approximate surface area is 126 Å². The first-order chi connectivity index (χ1) is 10.2. The molecule has 1 aliphatic heterocycles. The average molecular weight is 291 g/mol. The molecule has 1 heterocycles. The van der Waals surface area contributed by atoms with E-state index in [0.29, 0.717) is 18.9 Å². The van der Waals surface area contributed by atoms with E-state index in [9.17, 15) is 4.79 Å². The molecule has 1 aromatic carbocycles. The van der Waals surface area contributed by atoms with Crippen molar-refractivity contribution in [3.63, 3.8) is 0 Å². The number of carbonyl (C=O) groups excluding carboxylic acids is 1. The standard InChI is InChI=1S/C17H25NO3/c1-14-4-2-5-16(12-14)21-11-3-6-17(20)18-9-7-15(13-19)8-10-18/h2,4-5,12,15,19H,3,6-11,13H2,1H3. The number of ether oxygens (including phenoxy) is 1. The van der Waals surface area contributed by atoms with Gasteiger partial charge in [-0.05, 0) is 49.8 Å². The van der Waals surface area contributed by atoms with Crippen LogP contribution in [0.15, 0.2) is 24.3 Å². The van der Waals surface area contributed by atoms with E-state index in [0.717, 1.165) is 38.1 Å². The lowest BCUT2D eigenvalue weighted by atomic mass is 9.97. The molecule has 2 rings (SSSR count). The highest BCUT2D eigenvalue weighted by molar-refractivity contribution is 5.76. The number of piperidine rings is 1. The molecule has 0 aromatic heterocycles. The summed E-state index contributed by atoms with van der Waals surface area (Å²) in [7, 11) is 0. The number of hydrogen-bond donors (Lipinski definition) is 1. The molecule has 4 nitrogen and oxygen atoms in total. The highest BCUT2D eigenvalue weighted by atomic mass is 16.5. The second-order valence-corrected chi connectivity index (χ2v) is 5.78. The number of likely N-dealkylation sites (tertiary alicyclic amines) is 1. The van der Waals surface area contributed by atoms with Crippen molar-refractivity contribution in [3.8, 4) is 5.75 Å². The van der Waals surface area contributed by atoms with Crippen molar-refractivity contribution in [2.45, 2.75) is 32.6 Å². The molecule has 0 aliphatic carbocycles. The van der Waals surface area contributed by atoms with Gasteiger partial charge < -0.3 is 14.7 Å². The molecule has 116 valence electrons. The molecule has 1 saturated heterocycles. The van der Waals surface area contributed by atoms with Gasteiger partial charge in [0.05, 0.1) is 6.61 Å². The van der Waals surface area contributed by atoms with Crippen LogP contribution in [0.5, 0.6) is 5.75 Å². The average Bonchev–Trinajstić information content (AvgIpc) is 2.51. The third kappa shape index (κ3) is 5.05. The van der Waals surface area contributed by atoms with E-state index in [1.165, 1.54) is 5.56 Å². The molecule has 1 fully saturated rings. The van der Waals surface area contributed by atoms with Gasteiger partial charge in [0.1, 0.15) is 5.75 Å². The normalized spacial score (nSPS) is 16.0. The van der Waals surface area contributed by atoms with Gasteiger partial charge in [-0.15, -0.1) is 0 Å². The van der Waals surface area contributed by atoms with E-state index < -0.39 is 0 Å². The van der Waals surface area contributed by atoms with Crippen molar-refractivity contribution < 1.29 is 14.6 Å². The number of hydrogen-bond acceptors (Lipinski definition) is 3. The molecule has 0 bridgehead atoms. The van der Waals surface area contributed by atoms with Gasteiger partial charge in [0.15, 0.2) is 0 Å². The van der Waals surface area contributed by atoms with Gasteiger partial charge in [-0.2, -0.15) is 0 Å². The third-order valence-electron chi connectivity index (χ3n) is 4.02. The highest BCUT2D eigenvalue weighted by Crippen LogP contribution is 2.17. The summed E-state index contributed by atoms with van der Waals surface area (Å²) in [5.41, 5.74) is 1.18. The van der Waals surface area contributed by atoms with E-state index >= 15 is 0 Å². The predicted molar refractivity (Wildman–Crippen MR) is 82.3 cm³/mol. The van der Waals surface area contributed by atoms with Crippen molar-refractivity contribution >= 4 is 5.91 Å². The number of carbonyl (C=O) groups is 1. The Balaban J connectivity index is 1.63. The topological polar surface area (TPSA) is 49.8 Å². The summed E-state index contributed by atoms with van der Waals surface area (Å²) < 4.78 is 5.66. The van der Waals surface area contributed by atoms with E-state index in [-0.39, 0.29) is 12.5 Å². The number of amides is 1. The van der Waals surface area contributed by atoms with Crippen LogP contribution in [0.2, 0.25) is 0 Å². The Morgan fingerprint density at radius 2 is 2.14 bits per heavy atom. The summed E-state index contributed by atoms with van der Waals surface area (Å²) in [4.78, 5) is 14.0. The van der Waals surface area contributed by atoms with Crippen LogP contribution in [0.1, 0.15) is 31.2 Å². The lowest BCUT2D eigenvalue weighted by Gasteiger charge is -2.31. The molecule has 1 aromatic rings. The number of aliphatic hydroxyl groups is 1. The zero-order valence-electron chi connectivity index (χ0n) is 12.8. The SMILES string of the molecule is Cc1cccc(OCCCC(=O)N2CCC(CO)CC2)c1. The molecule has 4 heteroatoms. The Bertz CT molecular complexity index is 453. The van der Waals surface area contributed by atoms with Crippen LogP contribution in [-0.2, 0) is 4.79 Å². The molecule has 0 radical (unpaired) electrons. The van der Waals surface area contributed by atoms with E-state index in [1.807, 2.05) is 36.1 Å². The Morgan fingerprint density at radius 1 is 1.38 bits per heavy atom. The zero-order chi connectivity index (χ0) is 15.1. The minimum Gasteiger partial charge on any atom is -0.494 e. The number of nitrogens with zero attached hydrogens (tertiary/aromatic N) is 1. The quantitative estimate of drug-likeness (QED) is 0.819. The van der Waals surface area contributed by atoms with Crippen LogP contribution >= 0.6 is 0 Å². The fourth-order valence-corrected chi connectivity index (χ4v) is 2.64. The van der Waals surface area contributed by atoms with Crippen LogP contribution in [-0.4, -0.2) is 42.2 Å².